The minimum absolute atomic E-state index is 0.0539. The molecule has 1 aliphatic heterocycles. The van der Waals surface area contributed by atoms with Crippen LogP contribution in [-0.2, 0) is 23.0 Å². The highest BCUT2D eigenvalue weighted by Crippen LogP contribution is 2.34. The van der Waals surface area contributed by atoms with E-state index in [1.165, 1.54) is 4.31 Å². The van der Waals surface area contributed by atoms with Gasteiger partial charge in [-0.3, -0.25) is 4.79 Å². The molecule has 37 heavy (non-hydrogen) atoms. The van der Waals surface area contributed by atoms with E-state index in [-0.39, 0.29) is 18.6 Å². The van der Waals surface area contributed by atoms with Crippen molar-refractivity contribution >= 4 is 20.9 Å². The summed E-state index contributed by atoms with van der Waals surface area (Å²) in [5.41, 5.74) is 4.06. The Hall–Kier alpha value is -3.62. The molecule has 3 aromatic carbocycles. The van der Waals surface area contributed by atoms with Crippen LogP contribution in [-0.4, -0.2) is 37.5 Å². The zero-order valence-electron chi connectivity index (χ0n) is 21.2. The van der Waals surface area contributed by atoms with E-state index < -0.39 is 10.0 Å². The van der Waals surface area contributed by atoms with Crippen LogP contribution in [0.4, 0.5) is 0 Å². The molecule has 2 heterocycles. The number of fused-ring (bicyclic) bond motifs is 2. The van der Waals surface area contributed by atoms with Crippen LogP contribution in [0.5, 0.6) is 11.5 Å². The van der Waals surface area contributed by atoms with Crippen molar-refractivity contribution in [1.82, 2.24) is 9.29 Å². The lowest BCUT2D eigenvalue weighted by Gasteiger charge is -2.25. The van der Waals surface area contributed by atoms with Crippen molar-refractivity contribution in [2.45, 2.75) is 38.6 Å². The molecule has 0 fully saturated rings. The third kappa shape index (κ3) is 5.12. The number of hydrogen-bond acceptors (Lipinski definition) is 5. The number of ether oxygens (including phenoxy) is 2. The standard InChI is InChI=1S/C29H30N2O5S/c1-19-13-20(2)28(21(3)14-19)37(33,34)31(10-9-22-7-5-4-6-8-22)18-24-15-23-16-26-27(36-12-11-35-26)17-25(23)30-29(24)32/h4-8,13-17H,9-12,18H2,1-3H3,(H,30,32). The molecule has 0 saturated heterocycles. The molecule has 1 N–H and O–H groups in total. The molecule has 0 amide bonds. The van der Waals surface area contributed by atoms with Crippen molar-refractivity contribution < 1.29 is 17.9 Å². The molecule has 192 valence electrons. The van der Waals surface area contributed by atoms with Crippen LogP contribution >= 0.6 is 0 Å². The van der Waals surface area contributed by atoms with E-state index in [0.717, 1.165) is 16.5 Å². The topological polar surface area (TPSA) is 88.7 Å². The third-order valence-corrected chi connectivity index (χ3v) is 8.78. The highest BCUT2D eigenvalue weighted by atomic mass is 32.2. The number of aryl methyl sites for hydroxylation is 3. The van der Waals surface area contributed by atoms with E-state index in [0.29, 0.717) is 58.2 Å². The number of pyridine rings is 1. The van der Waals surface area contributed by atoms with Crippen molar-refractivity contribution in [2.75, 3.05) is 19.8 Å². The molecular formula is C29H30N2O5S. The Bertz CT molecular complexity index is 1600. The van der Waals surface area contributed by atoms with Gasteiger partial charge >= 0.3 is 0 Å². The second kappa shape index (κ2) is 10.0. The number of rotatable bonds is 7. The number of nitrogens with one attached hydrogen (secondary N) is 1. The summed E-state index contributed by atoms with van der Waals surface area (Å²) in [6.07, 6.45) is 0.522. The van der Waals surface area contributed by atoms with Gasteiger partial charge in [0.25, 0.3) is 5.56 Å². The number of nitrogens with zero attached hydrogens (tertiary/aromatic N) is 1. The number of aromatic amines is 1. The molecule has 8 heteroatoms. The summed E-state index contributed by atoms with van der Waals surface area (Å²) < 4.78 is 40.8. The molecule has 4 aromatic rings. The fourth-order valence-corrected chi connectivity index (χ4v) is 6.81. The van der Waals surface area contributed by atoms with Crippen molar-refractivity contribution in [3.05, 3.63) is 98.8 Å². The molecule has 0 radical (unpaired) electrons. The summed E-state index contributed by atoms with van der Waals surface area (Å²) in [7, 11) is -3.90. The average Bonchev–Trinajstić information content (AvgIpc) is 2.85. The van der Waals surface area contributed by atoms with E-state index in [2.05, 4.69) is 4.98 Å². The van der Waals surface area contributed by atoms with Crippen LogP contribution < -0.4 is 15.0 Å². The lowest BCUT2D eigenvalue weighted by molar-refractivity contribution is 0.172. The van der Waals surface area contributed by atoms with E-state index in [4.69, 9.17) is 9.47 Å². The molecule has 7 nitrogen and oxygen atoms in total. The normalized spacial score (nSPS) is 13.3. The SMILES string of the molecule is Cc1cc(C)c(S(=O)(=O)N(CCc2ccccc2)Cc2cc3cc4c(cc3[nH]c2=O)OCCO4)c(C)c1. The number of hydrogen-bond donors (Lipinski definition) is 1. The van der Waals surface area contributed by atoms with Crippen LogP contribution in [0, 0.1) is 20.8 Å². The number of sulfonamides is 1. The van der Waals surface area contributed by atoms with Gasteiger partial charge in [0, 0.05) is 30.1 Å². The first kappa shape index (κ1) is 25.0. The molecular weight excluding hydrogens is 488 g/mol. The predicted octanol–water partition coefficient (Wildman–Crippen LogP) is 4.66. The van der Waals surface area contributed by atoms with Gasteiger partial charge in [-0.15, -0.1) is 0 Å². The Morgan fingerprint density at radius 2 is 1.54 bits per heavy atom. The van der Waals surface area contributed by atoms with Gasteiger partial charge in [-0.2, -0.15) is 4.31 Å². The fraction of sp³-hybridized carbons (Fsp3) is 0.276. The van der Waals surface area contributed by atoms with Crippen LogP contribution in [0.1, 0.15) is 27.8 Å². The van der Waals surface area contributed by atoms with Crippen molar-refractivity contribution in [1.29, 1.82) is 0 Å². The minimum atomic E-state index is -3.90. The summed E-state index contributed by atoms with van der Waals surface area (Å²) in [5, 5.41) is 0.752. The quantitative estimate of drug-likeness (QED) is 0.385. The molecule has 0 saturated carbocycles. The smallest absolute Gasteiger partial charge is 0.252 e. The summed E-state index contributed by atoms with van der Waals surface area (Å²) in [4.78, 5) is 16.3. The van der Waals surface area contributed by atoms with E-state index in [1.807, 2.05) is 69.3 Å². The Kier molecular flexibility index (Phi) is 6.79. The molecule has 0 spiro atoms. The van der Waals surface area contributed by atoms with Gasteiger partial charge in [0.05, 0.1) is 10.4 Å². The molecule has 5 rings (SSSR count). The minimum Gasteiger partial charge on any atom is -0.486 e. The maximum atomic E-state index is 14.1. The average molecular weight is 519 g/mol. The first-order chi connectivity index (χ1) is 17.7. The van der Waals surface area contributed by atoms with Gasteiger partial charge in [-0.05, 0) is 56.0 Å². The largest absolute Gasteiger partial charge is 0.486 e. The summed E-state index contributed by atoms with van der Waals surface area (Å²) >= 11 is 0. The summed E-state index contributed by atoms with van der Waals surface area (Å²) in [6.45, 7) is 6.67. The number of H-pyrrole nitrogens is 1. The molecule has 0 aliphatic carbocycles. The van der Waals surface area contributed by atoms with Gasteiger partial charge in [-0.25, -0.2) is 8.42 Å². The first-order valence-electron chi connectivity index (χ1n) is 12.3. The second-order valence-electron chi connectivity index (χ2n) is 9.51. The Morgan fingerprint density at radius 1 is 0.892 bits per heavy atom. The monoisotopic (exact) mass is 518 g/mol. The van der Waals surface area contributed by atoms with Gasteiger partial charge in [0.1, 0.15) is 13.2 Å². The summed E-state index contributed by atoms with van der Waals surface area (Å²) in [5.74, 6) is 1.19. The number of benzene rings is 3. The van der Waals surface area contributed by atoms with Gasteiger partial charge in [0.2, 0.25) is 10.0 Å². The fourth-order valence-electron chi connectivity index (χ4n) is 4.98. The molecule has 0 bridgehead atoms. The molecule has 0 atom stereocenters. The highest BCUT2D eigenvalue weighted by molar-refractivity contribution is 7.89. The predicted molar refractivity (Wildman–Crippen MR) is 144 cm³/mol. The first-order valence-corrected chi connectivity index (χ1v) is 13.7. The highest BCUT2D eigenvalue weighted by Gasteiger charge is 2.29. The van der Waals surface area contributed by atoms with Crippen LogP contribution in [0.3, 0.4) is 0 Å². The maximum Gasteiger partial charge on any atom is 0.252 e. The third-order valence-electron chi connectivity index (χ3n) is 6.63. The Labute approximate surface area is 216 Å². The lowest BCUT2D eigenvalue weighted by Crippen LogP contribution is -2.35. The van der Waals surface area contributed by atoms with E-state index in [9.17, 15) is 13.2 Å². The number of aromatic nitrogens is 1. The second-order valence-corrected chi connectivity index (χ2v) is 11.4. The van der Waals surface area contributed by atoms with Crippen molar-refractivity contribution in [3.8, 4) is 11.5 Å². The molecule has 1 aromatic heterocycles. The molecule has 0 unspecified atom stereocenters. The maximum absolute atomic E-state index is 14.1. The van der Waals surface area contributed by atoms with Crippen LogP contribution in [0.2, 0.25) is 0 Å². The Morgan fingerprint density at radius 3 is 2.22 bits per heavy atom. The van der Waals surface area contributed by atoms with Gasteiger partial charge in [-0.1, -0.05) is 48.0 Å². The van der Waals surface area contributed by atoms with Crippen molar-refractivity contribution in [3.63, 3.8) is 0 Å². The zero-order valence-corrected chi connectivity index (χ0v) is 22.0. The van der Waals surface area contributed by atoms with Crippen LogP contribution in [0.15, 0.2) is 70.4 Å². The van der Waals surface area contributed by atoms with Gasteiger partial charge < -0.3 is 14.5 Å². The van der Waals surface area contributed by atoms with Gasteiger partial charge in [0.15, 0.2) is 11.5 Å². The molecule has 1 aliphatic rings. The Balaban J connectivity index is 1.55. The van der Waals surface area contributed by atoms with Crippen molar-refractivity contribution in [2.24, 2.45) is 0 Å². The zero-order chi connectivity index (χ0) is 26.2. The summed E-state index contributed by atoms with van der Waals surface area (Å²) in [6, 6.07) is 18.8. The lowest BCUT2D eigenvalue weighted by atomic mass is 10.1. The van der Waals surface area contributed by atoms with Crippen LogP contribution in [0.25, 0.3) is 10.9 Å². The van der Waals surface area contributed by atoms with E-state index in [1.54, 1.807) is 12.1 Å². The van der Waals surface area contributed by atoms with E-state index >= 15 is 0 Å².